The number of hydrogen-bond acceptors (Lipinski definition) is 5. The van der Waals surface area contributed by atoms with E-state index in [-0.39, 0.29) is 11.8 Å². The number of amides is 2. The van der Waals surface area contributed by atoms with E-state index in [9.17, 15) is 9.59 Å². The highest BCUT2D eigenvalue weighted by Crippen LogP contribution is 2.03. The Morgan fingerprint density at radius 3 is 1.67 bits per heavy atom. The van der Waals surface area contributed by atoms with Crippen molar-refractivity contribution in [3.63, 3.8) is 0 Å². The number of hydrogen-bond donors (Lipinski definition) is 3. The molecule has 0 aromatic heterocycles. The first-order valence-electron chi connectivity index (χ1n) is 4.53. The molecule has 2 aliphatic rings. The molecule has 2 aliphatic heterocycles. The summed E-state index contributed by atoms with van der Waals surface area (Å²) >= 11 is 0. The lowest BCUT2D eigenvalue weighted by Crippen LogP contribution is -2.52. The fraction of sp³-hybridized carbons (Fsp3) is 0.500. The molecule has 0 aliphatic carbocycles. The predicted octanol–water partition coefficient (Wildman–Crippen LogP) is -1.68. The normalized spacial score (nSPS) is 29.7. The minimum atomic E-state index is -0.552. The summed E-state index contributed by atoms with van der Waals surface area (Å²) in [6.07, 6.45) is 0. The van der Waals surface area contributed by atoms with Crippen molar-refractivity contribution in [3.05, 3.63) is 0 Å². The Labute approximate surface area is 86.0 Å². The van der Waals surface area contributed by atoms with Crippen LogP contribution in [0.25, 0.3) is 0 Å². The Morgan fingerprint density at radius 1 is 1.00 bits per heavy atom. The molecule has 15 heavy (non-hydrogen) atoms. The molecular weight excluding hydrogens is 198 g/mol. The van der Waals surface area contributed by atoms with Crippen molar-refractivity contribution in [1.29, 1.82) is 0 Å². The fourth-order valence-electron chi connectivity index (χ4n) is 1.48. The highest BCUT2D eigenvalue weighted by atomic mass is 16.2. The van der Waals surface area contributed by atoms with E-state index < -0.39 is 12.1 Å². The van der Waals surface area contributed by atoms with Crippen LogP contribution in [0, 0.1) is 0 Å². The first-order valence-corrected chi connectivity index (χ1v) is 4.53. The Morgan fingerprint density at radius 2 is 1.40 bits per heavy atom. The molecule has 7 nitrogen and oxygen atoms in total. The Bertz CT molecular complexity index is 350. The van der Waals surface area contributed by atoms with Gasteiger partial charge in [0.25, 0.3) is 11.8 Å². The van der Waals surface area contributed by atoms with Crippen LogP contribution in [0.5, 0.6) is 0 Å². The molecule has 7 heteroatoms. The third-order valence-corrected chi connectivity index (χ3v) is 2.38. The standard InChI is InChI=1S/C8H11N5O2/c1-3-5(7(14)12-10-3)9-6-4(2)11-13-8(6)15/h5-6,9H,1-2H3,(H,12,14)(H,13,15). The molecule has 0 saturated heterocycles. The molecule has 0 aromatic rings. The van der Waals surface area contributed by atoms with Crippen LogP contribution in [0.2, 0.25) is 0 Å². The summed E-state index contributed by atoms with van der Waals surface area (Å²) in [7, 11) is 0. The molecule has 2 rings (SSSR count). The second-order valence-electron chi connectivity index (χ2n) is 3.49. The summed E-state index contributed by atoms with van der Waals surface area (Å²) in [5, 5.41) is 10.4. The zero-order valence-electron chi connectivity index (χ0n) is 8.37. The minimum absolute atomic E-state index is 0.250. The third-order valence-electron chi connectivity index (χ3n) is 2.38. The molecule has 0 spiro atoms. The Hall–Kier alpha value is -1.76. The number of carbonyl (C=O) groups excluding carboxylic acids is 2. The summed E-state index contributed by atoms with van der Waals surface area (Å²) in [6.45, 7) is 3.43. The van der Waals surface area contributed by atoms with Crippen LogP contribution < -0.4 is 16.2 Å². The van der Waals surface area contributed by atoms with Crippen LogP contribution >= 0.6 is 0 Å². The Balaban J connectivity index is 2.09. The van der Waals surface area contributed by atoms with Crippen molar-refractivity contribution in [2.45, 2.75) is 25.9 Å². The van der Waals surface area contributed by atoms with E-state index in [0.717, 1.165) is 0 Å². The largest absolute Gasteiger partial charge is 0.285 e. The highest BCUT2D eigenvalue weighted by molar-refractivity contribution is 6.14. The first-order chi connectivity index (χ1) is 7.09. The van der Waals surface area contributed by atoms with E-state index in [2.05, 4.69) is 26.4 Å². The van der Waals surface area contributed by atoms with Gasteiger partial charge in [-0.05, 0) is 13.8 Å². The van der Waals surface area contributed by atoms with Crippen LogP contribution in [0.4, 0.5) is 0 Å². The van der Waals surface area contributed by atoms with Gasteiger partial charge in [-0.3, -0.25) is 14.9 Å². The van der Waals surface area contributed by atoms with Crippen molar-refractivity contribution in [3.8, 4) is 0 Å². The van der Waals surface area contributed by atoms with Gasteiger partial charge in [-0.15, -0.1) is 0 Å². The molecule has 0 radical (unpaired) electrons. The lowest BCUT2D eigenvalue weighted by molar-refractivity contribution is -0.122. The maximum atomic E-state index is 11.3. The van der Waals surface area contributed by atoms with E-state index >= 15 is 0 Å². The van der Waals surface area contributed by atoms with Crippen molar-refractivity contribution in [2.24, 2.45) is 10.2 Å². The number of nitrogens with one attached hydrogen (secondary N) is 3. The van der Waals surface area contributed by atoms with E-state index in [1.807, 2.05) is 0 Å². The summed E-state index contributed by atoms with van der Waals surface area (Å²) in [5.74, 6) is -0.500. The van der Waals surface area contributed by atoms with Gasteiger partial charge in [-0.2, -0.15) is 10.2 Å². The van der Waals surface area contributed by atoms with Crippen LogP contribution in [-0.2, 0) is 9.59 Å². The summed E-state index contributed by atoms with van der Waals surface area (Å²) in [4.78, 5) is 22.7. The molecule has 2 amide bonds. The van der Waals surface area contributed by atoms with Crippen LogP contribution in [0.15, 0.2) is 10.2 Å². The number of nitrogens with zero attached hydrogens (tertiary/aromatic N) is 2. The quantitative estimate of drug-likeness (QED) is 0.507. The van der Waals surface area contributed by atoms with Gasteiger partial charge in [0.1, 0.15) is 12.1 Å². The molecule has 80 valence electrons. The zero-order chi connectivity index (χ0) is 11.0. The molecular formula is C8H11N5O2. The van der Waals surface area contributed by atoms with Crippen molar-refractivity contribution >= 4 is 23.2 Å². The Kier molecular flexibility index (Phi) is 2.24. The highest BCUT2D eigenvalue weighted by Gasteiger charge is 2.35. The number of carbonyl (C=O) groups is 2. The molecule has 0 fully saturated rings. The molecule has 0 saturated carbocycles. The van der Waals surface area contributed by atoms with Gasteiger partial charge in [0, 0.05) is 0 Å². The molecule has 0 aromatic carbocycles. The monoisotopic (exact) mass is 209 g/mol. The van der Waals surface area contributed by atoms with Crippen molar-refractivity contribution < 1.29 is 9.59 Å². The van der Waals surface area contributed by atoms with E-state index in [0.29, 0.717) is 11.4 Å². The van der Waals surface area contributed by atoms with Gasteiger partial charge in [0.05, 0.1) is 11.4 Å². The van der Waals surface area contributed by atoms with Gasteiger partial charge in [-0.25, -0.2) is 10.9 Å². The van der Waals surface area contributed by atoms with E-state index in [4.69, 9.17) is 0 Å². The predicted molar refractivity (Wildman–Crippen MR) is 53.2 cm³/mol. The van der Waals surface area contributed by atoms with Crippen molar-refractivity contribution in [2.75, 3.05) is 0 Å². The maximum absolute atomic E-state index is 11.3. The van der Waals surface area contributed by atoms with Crippen LogP contribution in [0.1, 0.15) is 13.8 Å². The lowest BCUT2D eigenvalue weighted by atomic mass is 10.1. The van der Waals surface area contributed by atoms with E-state index in [1.54, 1.807) is 13.8 Å². The van der Waals surface area contributed by atoms with Gasteiger partial charge < -0.3 is 0 Å². The first kappa shape index (κ1) is 9.78. The summed E-state index contributed by atoms with van der Waals surface area (Å²) < 4.78 is 0. The zero-order valence-corrected chi connectivity index (χ0v) is 8.37. The molecule has 3 N–H and O–H groups in total. The summed E-state index contributed by atoms with van der Waals surface area (Å²) in [6, 6.07) is -1.10. The van der Waals surface area contributed by atoms with Crippen LogP contribution in [-0.4, -0.2) is 35.3 Å². The molecule has 2 heterocycles. The van der Waals surface area contributed by atoms with Gasteiger partial charge >= 0.3 is 0 Å². The second kappa shape index (κ2) is 3.43. The van der Waals surface area contributed by atoms with Gasteiger partial charge in [0.2, 0.25) is 0 Å². The number of rotatable bonds is 2. The lowest BCUT2D eigenvalue weighted by Gasteiger charge is -2.14. The topological polar surface area (TPSA) is 95.0 Å². The molecule has 0 bridgehead atoms. The van der Waals surface area contributed by atoms with E-state index in [1.165, 1.54) is 0 Å². The molecule has 2 atom stereocenters. The SMILES string of the molecule is CC1=NNC(=O)C1NC1C(=O)NN=C1C. The van der Waals surface area contributed by atoms with Gasteiger partial charge in [0.15, 0.2) is 0 Å². The van der Waals surface area contributed by atoms with Crippen molar-refractivity contribution in [1.82, 2.24) is 16.2 Å². The molecule has 2 unspecified atom stereocenters. The summed E-state index contributed by atoms with van der Waals surface area (Å²) in [5.41, 5.74) is 5.91. The average Bonchev–Trinajstić information content (AvgIpc) is 2.67. The van der Waals surface area contributed by atoms with Gasteiger partial charge in [-0.1, -0.05) is 0 Å². The smallest absolute Gasteiger partial charge is 0.263 e. The minimum Gasteiger partial charge on any atom is -0.285 e. The number of hydrazone groups is 2. The van der Waals surface area contributed by atoms with Crippen LogP contribution in [0.3, 0.4) is 0 Å². The third kappa shape index (κ3) is 1.61. The fourth-order valence-corrected chi connectivity index (χ4v) is 1.48. The maximum Gasteiger partial charge on any atom is 0.263 e. The second-order valence-corrected chi connectivity index (χ2v) is 3.49. The average molecular weight is 209 g/mol.